The van der Waals surface area contributed by atoms with Gasteiger partial charge in [0.15, 0.2) is 0 Å². The normalized spacial score (nSPS) is 22.6. The Morgan fingerprint density at radius 2 is 1.53 bits per heavy atom. The lowest BCUT2D eigenvalue weighted by Crippen LogP contribution is -2.50. The van der Waals surface area contributed by atoms with Crippen molar-refractivity contribution in [2.75, 3.05) is 39.4 Å². The van der Waals surface area contributed by atoms with E-state index in [4.69, 9.17) is 4.74 Å². The van der Waals surface area contributed by atoms with Crippen LogP contribution in [-0.4, -0.2) is 61.0 Å². The first-order chi connectivity index (χ1) is 8.18. The fourth-order valence-electron chi connectivity index (χ4n) is 2.43. The average molecular weight is 240 g/mol. The lowest BCUT2D eigenvalue weighted by Gasteiger charge is -2.36. The maximum absolute atomic E-state index is 12.1. The van der Waals surface area contributed by atoms with Crippen LogP contribution in [0.3, 0.4) is 0 Å². The van der Waals surface area contributed by atoms with E-state index in [9.17, 15) is 9.59 Å². The molecule has 0 bridgehead atoms. The van der Waals surface area contributed by atoms with E-state index < -0.39 is 0 Å². The Balaban J connectivity index is 1.83. The van der Waals surface area contributed by atoms with Gasteiger partial charge in [-0.15, -0.1) is 0 Å². The minimum absolute atomic E-state index is 0.107. The molecular formula is C12H20N2O3. The summed E-state index contributed by atoms with van der Waals surface area (Å²) in [5.41, 5.74) is 0. The topological polar surface area (TPSA) is 49.9 Å². The van der Waals surface area contributed by atoms with Crippen LogP contribution in [0.1, 0.15) is 19.8 Å². The summed E-state index contributed by atoms with van der Waals surface area (Å²) in [6.45, 7) is 5.70. The van der Waals surface area contributed by atoms with Gasteiger partial charge >= 0.3 is 6.03 Å². The maximum atomic E-state index is 12.1. The van der Waals surface area contributed by atoms with E-state index in [-0.39, 0.29) is 17.7 Å². The molecule has 0 saturated carbocycles. The summed E-state index contributed by atoms with van der Waals surface area (Å²) in [5.74, 6) is 0.409. The highest BCUT2D eigenvalue weighted by Gasteiger charge is 2.28. The third-order valence-electron chi connectivity index (χ3n) is 3.62. The van der Waals surface area contributed by atoms with E-state index in [0.29, 0.717) is 39.4 Å². The molecule has 2 rings (SSSR count). The fraction of sp³-hybridized carbons (Fsp3) is 0.833. The molecule has 0 aliphatic carbocycles. The molecule has 2 aliphatic rings. The molecule has 0 N–H and O–H groups in total. The number of Topliss-reactive ketones (excluding diaryl/α,β-unsaturated/α-hetero) is 1. The number of likely N-dealkylation sites (tertiary alicyclic amines) is 1. The van der Waals surface area contributed by atoms with E-state index >= 15 is 0 Å². The van der Waals surface area contributed by atoms with Gasteiger partial charge in [0.25, 0.3) is 0 Å². The fourth-order valence-corrected chi connectivity index (χ4v) is 2.43. The van der Waals surface area contributed by atoms with Crippen molar-refractivity contribution >= 4 is 11.8 Å². The Kier molecular flexibility index (Phi) is 3.99. The Bertz CT molecular complexity index is 292. The molecule has 0 aromatic rings. The van der Waals surface area contributed by atoms with Crippen LogP contribution < -0.4 is 0 Å². The molecule has 0 aromatic heterocycles. The molecule has 0 radical (unpaired) electrons. The number of ketones is 1. The number of piperidine rings is 1. The second-order valence-corrected chi connectivity index (χ2v) is 4.75. The second kappa shape index (κ2) is 5.49. The molecule has 0 aromatic carbocycles. The molecule has 5 nitrogen and oxygen atoms in total. The number of carbonyl (C=O) groups excluding carboxylic acids is 2. The minimum Gasteiger partial charge on any atom is -0.378 e. The molecule has 96 valence electrons. The van der Waals surface area contributed by atoms with Gasteiger partial charge in [-0.2, -0.15) is 0 Å². The molecule has 2 saturated heterocycles. The highest BCUT2D eigenvalue weighted by atomic mass is 16.5. The number of urea groups is 1. The number of hydrogen-bond acceptors (Lipinski definition) is 3. The predicted molar refractivity (Wildman–Crippen MR) is 62.8 cm³/mol. The Morgan fingerprint density at radius 3 is 2.06 bits per heavy atom. The number of morpholine rings is 1. The number of amides is 2. The summed E-state index contributed by atoms with van der Waals surface area (Å²) in [5, 5.41) is 0. The van der Waals surface area contributed by atoms with Crippen LogP contribution in [-0.2, 0) is 9.53 Å². The number of nitrogens with zero attached hydrogens (tertiary/aromatic N) is 2. The molecular weight excluding hydrogens is 220 g/mol. The van der Waals surface area contributed by atoms with Crippen molar-refractivity contribution in [3.63, 3.8) is 0 Å². The highest BCUT2D eigenvalue weighted by molar-refractivity contribution is 5.79. The van der Waals surface area contributed by atoms with Crippen molar-refractivity contribution < 1.29 is 14.3 Å². The van der Waals surface area contributed by atoms with Gasteiger partial charge in [-0.3, -0.25) is 4.79 Å². The Morgan fingerprint density at radius 1 is 1.00 bits per heavy atom. The molecule has 5 heteroatoms. The van der Waals surface area contributed by atoms with E-state index in [1.165, 1.54) is 0 Å². The van der Waals surface area contributed by atoms with Crippen molar-refractivity contribution in [1.29, 1.82) is 0 Å². The van der Waals surface area contributed by atoms with Gasteiger partial charge in [0.1, 0.15) is 5.78 Å². The van der Waals surface area contributed by atoms with Crippen molar-refractivity contribution in [3.8, 4) is 0 Å². The number of rotatable bonds is 1. The zero-order valence-electron chi connectivity index (χ0n) is 10.4. The monoisotopic (exact) mass is 240 g/mol. The van der Waals surface area contributed by atoms with Crippen molar-refractivity contribution in [2.24, 2.45) is 5.92 Å². The molecule has 0 spiro atoms. The number of carbonyl (C=O) groups is 2. The van der Waals surface area contributed by atoms with E-state index in [1.807, 2.05) is 9.80 Å². The average Bonchev–Trinajstić information content (AvgIpc) is 2.39. The van der Waals surface area contributed by atoms with Gasteiger partial charge < -0.3 is 14.5 Å². The first-order valence-corrected chi connectivity index (χ1v) is 6.30. The highest BCUT2D eigenvalue weighted by Crippen LogP contribution is 2.19. The second-order valence-electron chi connectivity index (χ2n) is 4.75. The van der Waals surface area contributed by atoms with Crippen molar-refractivity contribution in [2.45, 2.75) is 19.8 Å². The van der Waals surface area contributed by atoms with Crippen molar-refractivity contribution in [1.82, 2.24) is 9.80 Å². The molecule has 2 heterocycles. The number of hydrogen-bond donors (Lipinski definition) is 0. The third kappa shape index (κ3) is 2.97. The zero-order chi connectivity index (χ0) is 12.3. The summed E-state index contributed by atoms with van der Waals surface area (Å²) in [6, 6.07) is 0.107. The lowest BCUT2D eigenvalue weighted by atomic mass is 9.93. The summed E-state index contributed by atoms with van der Waals surface area (Å²) in [7, 11) is 0. The molecule has 2 aliphatic heterocycles. The van der Waals surface area contributed by atoms with E-state index in [1.54, 1.807) is 6.92 Å². The van der Waals surface area contributed by atoms with Gasteiger partial charge in [-0.05, 0) is 19.8 Å². The van der Waals surface area contributed by atoms with Crippen LogP contribution >= 0.6 is 0 Å². The van der Waals surface area contributed by atoms with Crippen LogP contribution in [0.4, 0.5) is 4.79 Å². The molecule has 17 heavy (non-hydrogen) atoms. The summed E-state index contributed by atoms with van der Waals surface area (Å²) in [6.07, 6.45) is 1.62. The van der Waals surface area contributed by atoms with Crippen LogP contribution in [0.2, 0.25) is 0 Å². The van der Waals surface area contributed by atoms with Gasteiger partial charge in [0, 0.05) is 32.1 Å². The maximum Gasteiger partial charge on any atom is 0.320 e. The molecule has 0 atom stereocenters. The number of ether oxygens (including phenoxy) is 1. The van der Waals surface area contributed by atoms with Crippen LogP contribution in [0.25, 0.3) is 0 Å². The zero-order valence-corrected chi connectivity index (χ0v) is 10.4. The SMILES string of the molecule is CC(=O)C1CCN(C(=O)N2CCOCC2)CC1. The molecule has 2 fully saturated rings. The quantitative estimate of drug-likeness (QED) is 0.679. The minimum atomic E-state index is 0.107. The van der Waals surface area contributed by atoms with Gasteiger partial charge in [-0.25, -0.2) is 4.79 Å². The Labute approximate surface area is 102 Å². The van der Waals surface area contributed by atoms with Crippen LogP contribution in [0, 0.1) is 5.92 Å². The first-order valence-electron chi connectivity index (χ1n) is 6.30. The van der Waals surface area contributed by atoms with Crippen LogP contribution in [0.5, 0.6) is 0 Å². The summed E-state index contributed by atoms with van der Waals surface area (Å²) >= 11 is 0. The lowest BCUT2D eigenvalue weighted by molar-refractivity contribution is -0.121. The van der Waals surface area contributed by atoms with E-state index in [0.717, 1.165) is 12.8 Å². The third-order valence-corrected chi connectivity index (χ3v) is 3.62. The van der Waals surface area contributed by atoms with E-state index in [2.05, 4.69) is 0 Å². The Hall–Kier alpha value is -1.10. The standard InChI is InChI=1S/C12H20N2O3/c1-10(15)11-2-4-13(5-3-11)12(16)14-6-8-17-9-7-14/h11H,2-9H2,1H3. The first kappa shape index (κ1) is 12.4. The van der Waals surface area contributed by atoms with Gasteiger partial charge in [0.05, 0.1) is 13.2 Å². The smallest absolute Gasteiger partial charge is 0.320 e. The molecule has 2 amide bonds. The van der Waals surface area contributed by atoms with Gasteiger partial charge in [-0.1, -0.05) is 0 Å². The summed E-state index contributed by atoms with van der Waals surface area (Å²) in [4.78, 5) is 27.1. The molecule has 0 unspecified atom stereocenters. The largest absolute Gasteiger partial charge is 0.378 e. The summed E-state index contributed by atoms with van der Waals surface area (Å²) < 4.78 is 5.23. The van der Waals surface area contributed by atoms with Crippen molar-refractivity contribution in [3.05, 3.63) is 0 Å². The predicted octanol–water partition coefficient (Wildman–Crippen LogP) is 0.740. The van der Waals surface area contributed by atoms with Crippen LogP contribution in [0.15, 0.2) is 0 Å². The van der Waals surface area contributed by atoms with Gasteiger partial charge in [0.2, 0.25) is 0 Å².